The van der Waals surface area contributed by atoms with Crippen molar-refractivity contribution in [2.75, 3.05) is 0 Å². The molecule has 14 heavy (non-hydrogen) atoms. The fraction of sp³-hybridized carbons (Fsp3) is 0.111. The lowest BCUT2D eigenvalue weighted by atomic mass is 10.2. The van der Waals surface area contributed by atoms with Crippen LogP contribution in [0.2, 0.25) is 0 Å². The standard InChI is InChI=1S/C9H10N4.ClH/c10-7-8-2-1-3-9(6-8)13-11-4-5-12-13;/h1-6H,7,10H2;1H. The molecule has 0 amide bonds. The van der Waals surface area contributed by atoms with Gasteiger partial charge in [-0.1, -0.05) is 12.1 Å². The first-order valence-corrected chi connectivity index (χ1v) is 4.06. The smallest absolute Gasteiger partial charge is 0.0859 e. The topological polar surface area (TPSA) is 56.7 Å². The number of nitrogens with two attached hydrogens (primary N) is 1. The van der Waals surface area contributed by atoms with Gasteiger partial charge >= 0.3 is 0 Å². The molecule has 74 valence electrons. The maximum atomic E-state index is 5.52. The second-order valence-electron chi connectivity index (χ2n) is 2.69. The van der Waals surface area contributed by atoms with Gasteiger partial charge < -0.3 is 5.73 Å². The lowest BCUT2D eigenvalue weighted by Gasteiger charge is -2.01. The molecule has 0 aliphatic heterocycles. The van der Waals surface area contributed by atoms with Gasteiger partial charge in [-0.05, 0) is 17.7 Å². The van der Waals surface area contributed by atoms with E-state index < -0.39 is 0 Å². The Morgan fingerprint density at radius 2 is 1.93 bits per heavy atom. The van der Waals surface area contributed by atoms with Crippen molar-refractivity contribution in [1.82, 2.24) is 15.0 Å². The Morgan fingerprint density at radius 1 is 1.21 bits per heavy atom. The molecule has 1 heterocycles. The van der Waals surface area contributed by atoms with Crippen molar-refractivity contribution < 1.29 is 0 Å². The van der Waals surface area contributed by atoms with Crippen LogP contribution in [0.3, 0.4) is 0 Å². The molecule has 0 aliphatic rings. The quantitative estimate of drug-likeness (QED) is 0.809. The Kier molecular flexibility index (Phi) is 3.62. The third kappa shape index (κ3) is 2.10. The average molecular weight is 211 g/mol. The van der Waals surface area contributed by atoms with E-state index in [2.05, 4.69) is 10.2 Å². The number of aromatic nitrogens is 3. The molecule has 0 fully saturated rings. The highest BCUT2D eigenvalue weighted by atomic mass is 35.5. The van der Waals surface area contributed by atoms with Crippen LogP contribution >= 0.6 is 12.4 Å². The number of rotatable bonds is 2. The molecule has 0 aliphatic carbocycles. The molecule has 1 aromatic heterocycles. The monoisotopic (exact) mass is 210 g/mol. The first-order chi connectivity index (χ1) is 6.40. The van der Waals surface area contributed by atoms with E-state index >= 15 is 0 Å². The highest BCUT2D eigenvalue weighted by Crippen LogP contribution is 2.07. The van der Waals surface area contributed by atoms with Gasteiger partial charge in [-0.25, -0.2) is 0 Å². The minimum atomic E-state index is 0. The summed E-state index contributed by atoms with van der Waals surface area (Å²) in [6.45, 7) is 0.537. The molecule has 2 rings (SSSR count). The second kappa shape index (κ2) is 4.74. The summed E-state index contributed by atoms with van der Waals surface area (Å²) in [4.78, 5) is 1.57. The molecule has 0 spiro atoms. The van der Waals surface area contributed by atoms with Crippen LogP contribution in [-0.2, 0) is 6.54 Å². The summed E-state index contributed by atoms with van der Waals surface area (Å²) in [5.41, 5.74) is 7.54. The number of nitrogens with zero attached hydrogens (tertiary/aromatic N) is 3. The molecule has 0 atom stereocenters. The molecule has 0 radical (unpaired) electrons. The third-order valence-corrected chi connectivity index (χ3v) is 1.80. The molecular weight excluding hydrogens is 200 g/mol. The van der Waals surface area contributed by atoms with Crippen LogP contribution in [0.1, 0.15) is 5.56 Å². The highest BCUT2D eigenvalue weighted by molar-refractivity contribution is 5.85. The van der Waals surface area contributed by atoms with E-state index in [9.17, 15) is 0 Å². The first-order valence-electron chi connectivity index (χ1n) is 4.06. The van der Waals surface area contributed by atoms with Crippen molar-refractivity contribution >= 4 is 12.4 Å². The predicted molar refractivity (Wildman–Crippen MR) is 56.5 cm³/mol. The van der Waals surface area contributed by atoms with E-state index in [1.807, 2.05) is 24.3 Å². The molecular formula is C9H11ClN4. The average Bonchev–Trinajstić information content (AvgIpc) is 2.71. The zero-order chi connectivity index (χ0) is 9.10. The zero-order valence-corrected chi connectivity index (χ0v) is 8.31. The van der Waals surface area contributed by atoms with E-state index in [1.165, 1.54) is 0 Å². The lowest BCUT2D eigenvalue weighted by molar-refractivity contribution is 0.750. The summed E-state index contributed by atoms with van der Waals surface area (Å²) in [7, 11) is 0. The molecule has 0 saturated carbocycles. The van der Waals surface area contributed by atoms with E-state index in [0.29, 0.717) is 6.54 Å². The van der Waals surface area contributed by atoms with Crippen molar-refractivity contribution in [2.45, 2.75) is 6.54 Å². The summed E-state index contributed by atoms with van der Waals surface area (Å²) >= 11 is 0. The van der Waals surface area contributed by atoms with Gasteiger partial charge in [0.2, 0.25) is 0 Å². The molecule has 5 heteroatoms. The molecule has 2 aromatic rings. The van der Waals surface area contributed by atoms with Crippen LogP contribution in [-0.4, -0.2) is 15.0 Å². The van der Waals surface area contributed by atoms with Gasteiger partial charge in [-0.15, -0.1) is 12.4 Å². The Hall–Kier alpha value is -1.39. The lowest BCUT2D eigenvalue weighted by Crippen LogP contribution is -2.01. The Labute approximate surface area is 88.1 Å². The summed E-state index contributed by atoms with van der Waals surface area (Å²) in [6, 6.07) is 7.84. The Morgan fingerprint density at radius 3 is 2.57 bits per heavy atom. The number of hydrogen-bond donors (Lipinski definition) is 1. The molecule has 0 saturated heterocycles. The molecule has 0 bridgehead atoms. The van der Waals surface area contributed by atoms with Crippen LogP contribution in [0, 0.1) is 0 Å². The number of halogens is 1. The normalized spacial score (nSPS) is 9.50. The van der Waals surface area contributed by atoms with Gasteiger partial charge in [0.1, 0.15) is 0 Å². The number of benzene rings is 1. The van der Waals surface area contributed by atoms with Gasteiger partial charge in [-0.2, -0.15) is 15.0 Å². The summed E-state index contributed by atoms with van der Waals surface area (Å²) in [5, 5.41) is 8.05. The largest absolute Gasteiger partial charge is 0.326 e. The Balaban J connectivity index is 0.000000980. The summed E-state index contributed by atoms with van der Waals surface area (Å²) in [6.07, 6.45) is 3.30. The van der Waals surface area contributed by atoms with E-state index in [-0.39, 0.29) is 12.4 Å². The second-order valence-corrected chi connectivity index (χ2v) is 2.69. The van der Waals surface area contributed by atoms with Crippen molar-refractivity contribution in [3.8, 4) is 5.69 Å². The fourth-order valence-electron chi connectivity index (χ4n) is 1.16. The van der Waals surface area contributed by atoms with Gasteiger partial charge in [0.05, 0.1) is 18.1 Å². The fourth-order valence-corrected chi connectivity index (χ4v) is 1.16. The Bertz CT molecular complexity index is 385. The predicted octanol–water partition coefficient (Wildman–Crippen LogP) is 1.15. The van der Waals surface area contributed by atoms with E-state index in [4.69, 9.17) is 5.73 Å². The van der Waals surface area contributed by atoms with Crippen LogP contribution in [0.5, 0.6) is 0 Å². The van der Waals surface area contributed by atoms with Crippen LogP contribution in [0.4, 0.5) is 0 Å². The SMILES string of the molecule is Cl.NCc1cccc(-n2nccn2)c1. The highest BCUT2D eigenvalue weighted by Gasteiger charge is 1.97. The molecule has 2 N–H and O–H groups in total. The van der Waals surface area contributed by atoms with Crippen molar-refractivity contribution in [3.05, 3.63) is 42.2 Å². The van der Waals surface area contributed by atoms with Crippen molar-refractivity contribution in [1.29, 1.82) is 0 Å². The third-order valence-electron chi connectivity index (χ3n) is 1.80. The van der Waals surface area contributed by atoms with Gasteiger partial charge in [-0.3, -0.25) is 0 Å². The van der Waals surface area contributed by atoms with E-state index in [1.54, 1.807) is 17.2 Å². The molecule has 4 nitrogen and oxygen atoms in total. The summed E-state index contributed by atoms with van der Waals surface area (Å²) in [5.74, 6) is 0. The first kappa shape index (κ1) is 10.7. The molecule has 1 aromatic carbocycles. The van der Waals surface area contributed by atoms with E-state index in [0.717, 1.165) is 11.3 Å². The van der Waals surface area contributed by atoms with Crippen molar-refractivity contribution in [2.24, 2.45) is 5.73 Å². The van der Waals surface area contributed by atoms with Gasteiger partial charge in [0, 0.05) is 6.54 Å². The van der Waals surface area contributed by atoms with Gasteiger partial charge in [0.15, 0.2) is 0 Å². The van der Waals surface area contributed by atoms with Crippen LogP contribution < -0.4 is 5.73 Å². The zero-order valence-electron chi connectivity index (χ0n) is 7.50. The minimum Gasteiger partial charge on any atom is -0.326 e. The van der Waals surface area contributed by atoms with Gasteiger partial charge in [0.25, 0.3) is 0 Å². The summed E-state index contributed by atoms with van der Waals surface area (Å²) < 4.78 is 0. The maximum Gasteiger partial charge on any atom is 0.0859 e. The van der Waals surface area contributed by atoms with Crippen LogP contribution in [0.15, 0.2) is 36.7 Å². The maximum absolute atomic E-state index is 5.52. The van der Waals surface area contributed by atoms with Crippen LogP contribution in [0.25, 0.3) is 5.69 Å². The molecule has 0 unspecified atom stereocenters. The van der Waals surface area contributed by atoms with Crippen molar-refractivity contribution in [3.63, 3.8) is 0 Å². The minimum absolute atomic E-state index is 0. The number of hydrogen-bond acceptors (Lipinski definition) is 3.